The second-order valence-corrected chi connectivity index (χ2v) is 5.65. The van der Waals surface area contributed by atoms with Gasteiger partial charge in [0.05, 0.1) is 4.92 Å². The minimum atomic E-state index is -1.55. The third kappa shape index (κ3) is 3.34. The number of nitro benzene ring substituents is 1. The van der Waals surface area contributed by atoms with Gasteiger partial charge in [-0.2, -0.15) is 0 Å². The van der Waals surface area contributed by atoms with Crippen LogP contribution in [0, 0.1) is 22.9 Å². The van der Waals surface area contributed by atoms with Crippen LogP contribution in [-0.2, 0) is 6.54 Å². The van der Waals surface area contributed by atoms with E-state index < -0.39 is 28.0 Å². The lowest BCUT2D eigenvalue weighted by Gasteiger charge is -2.07. The predicted molar refractivity (Wildman–Crippen MR) is 76.4 cm³/mol. The number of nitrogens with zero attached hydrogens (tertiary/aromatic N) is 1. The average molecular weight is 310 g/mol. The van der Waals surface area contributed by atoms with E-state index in [1.807, 2.05) is 19.1 Å². The number of thiophene rings is 1. The van der Waals surface area contributed by atoms with E-state index in [1.54, 1.807) is 0 Å². The number of halogens is 1. The highest BCUT2D eigenvalue weighted by atomic mass is 32.1. The Morgan fingerprint density at radius 3 is 2.71 bits per heavy atom. The summed E-state index contributed by atoms with van der Waals surface area (Å²) < 4.78 is 13.6. The fourth-order valence-corrected chi connectivity index (χ4v) is 2.61. The number of carbonyl (C=O) groups is 1. The molecule has 0 aliphatic heterocycles. The van der Waals surface area contributed by atoms with E-state index in [4.69, 9.17) is 5.11 Å². The molecule has 0 aliphatic carbocycles. The zero-order valence-corrected chi connectivity index (χ0v) is 11.7. The third-order valence-corrected chi connectivity index (χ3v) is 3.76. The summed E-state index contributed by atoms with van der Waals surface area (Å²) in [6, 6.07) is 5.33. The lowest BCUT2D eigenvalue weighted by Crippen LogP contribution is -2.07. The van der Waals surface area contributed by atoms with E-state index >= 15 is 0 Å². The molecule has 6 nitrogen and oxygen atoms in total. The van der Waals surface area contributed by atoms with E-state index in [1.165, 1.54) is 11.3 Å². The molecule has 0 aliphatic rings. The van der Waals surface area contributed by atoms with Gasteiger partial charge in [-0.05, 0) is 19.1 Å². The third-order valence-electron chi connectivity index (χ3n) is 2.76. The Bertz CT molecular complexity index is 714. The van der Waals surface area contributed by atoms with E-state index in [0.29, 0.717) is 6.54 Å². The van der Waals surface area contributed by atoms with Gasteiger partial charge in [-0.1, -0.05) is 0 Å². The van der Waals surface area contributed by atoms with Gasteiger partial charge in [0.15, 0.2) is 0 Å². The summed E-state index contributed by atoms with van der Waals surface area (Å²) in [7, 11) is 0. The normalized spacial score (nSPS) is 10.4. The molecule has 0 saturated heterocycles. The molecule has 110 valence electrons. The van der Waals surface area contributed by atoms with Crippen LogP contribution in [0.15, 0.2) is 24.3 Å². The minimum Gasteiger partial charge on any atom is -0.478 e. The van der Waals surface area contributed by atoms with E-state index in [0.717, 1.165) is 21.9 Å². The van der Waals surface area contributed by atoms with Crippen molar-refractivity contribution in [2.75, 3.05) is 5.32 Å². The Hall–Kier alpha value is -2.48. The maximum Gasteiger partial charge on any atom is 0.338 e. The Balaban J connectivity index is 2.31. The smallest absolute Gasteiger partial charge is 0.338 e. The summed E-state index contributed by atoms with van der Waals surface area (Å²) in [5.41, 5.74) is -1.24. The van der Waals surface area contributed by atoms with Crippen LogP contribution < -0.4 is 5.32 Å². The molecule has 0 radical (unpaired) electrons. The molecule has 2 N–H and O–H groups in total. The Kier molecular flexibility index (Phi) is 4.18. The number of hydrogen-bond donors (Lipinski definition) is 2. The molecule has 0 bridgehead atoms. The molecule has 2 aromatic rings. The van der Waals surface area contributed by atoms with Crippen LogP contribution >= 0.6 is 11.3 Å². The van der Waals surface area contributed by atoms with E-state index in [9.17, 15) is 19.3 Å². The first kappa shape index (κ1) is 14.9. The summed E-state index contributed by atoms with van der Waals surface area (Å²) in [4.78, 5) is 23.1. The van der Waals surface area contributed by atoms with Gasteiger partial charge in [-0.3, -0.25) is 10.1 Å². The quantitative estimate of drug-likeness (QED) is 0.652. The molecule has 8 heteroatoms. The number of aryl methyl sites for hydroxylation is 1. The van der Waals surface area contributed by atoms with Gasteiger partial charge in [0.25, 0.3) is 5.69 Å². The number of benzene rings is 1. The molecular formula is C13H11FN2O4S. The van der Waals surface area contributed by atoms with Gasteiger partial charge in [0, 0.05) is 28.4 Å². The van der Waals surface area contributed by atoms with Crippen molar-refractivity contribution in [3.05, 3.63) is 55.5 Å². The highest BCUT2D eigenvalue weighted by Crippen LogP contribution is 2.29. The molecule has 0 saturated carbocycles. The van der Waals surface area contributed by atoms with Gasteiger partial charge in [0.1, 0.15) is 17.1 Å². The summed E-state index contributed by atoms with van der Waals surface area (Å²) in [6.07, 6.45) is 0. The monoisotopic (exact) mass is 310 g/mol. The minimum absolute atomic E-state index is 0.0476. The largest absolute Gasteiger partial charge is 0.478 e. The Morgan fingerprint density at radius 2 is 2.19 bits per heavy atom. The van der Waals surface area contributed by atoms with Crippen molar-refractivity contribution in [1.82, 2.24) is 0 Å². The second-order valence-electron chi connectivity index (χ2n) is 4.28. The number of carboxylic acids is 1. The van der Waals surface area contributed by atoms with Gasteiger partial charge in [0.2, 0.25) is 0 Å². The molecular weight excluding hydrogens is 299 g/mol. The predicted octanol–water partition coefficient (Wildman–Crippen LogP) is 3.41. The zero-order chi connectivity index (χ0) is 15.6. The van der Waals surface area contributed by atoms with Crippen LogP contribution in [0.1, 0.15) is 20.1 Å². The fourth-order valence-electron chi connectivity index (χ4n) is 1.78. The highest BCUT2D eigenvalue weighted by molar-refractivity contribution is 7.11. The first-order valence-electron chi connectivity index (χ1n) is 5.89. The molecule has 1 aromatic heterocycles. The van der Waals surface area contributed by atoms with Crippen molar-refractivity contribution < 1.29 is 19.2 Å². The Morgan fingerprint density at radius 1 is 1.48 bits per heavy atom. The number of nitrogens with one attached hydrogen (secondary N) is 1. The van der Waals surface area contributed by atoms with Gasteiger partial charge in [-0.15, -0.1) is 11.3 Å². The molecule has 21 heavy (non-hydrogen) atoms. The molecule has 0 amide bonds. The average Bonchev–Trinajstić information content (AvgIpc) is 2.81. The highest BCUT2D eigenvalue weighted by Gasteiger charge is 2.21. The standard InChI is InChI=1S/C13H11FN2O4S/c1-7-2-3-8(21-7)6-15-11-5-10(14)9(13(17)18)4-12(11)16(19)20/h2-5,15H,6H2,1H3,(H,17,18). The molecule has 1 heterocycles. The van der Waals surface area contributed by atoms with Crippen LogP contribution in [-0.4, -0.2) is 16.0 Å². The van der Waals surface area contributed by atoms with Crippen molar-refractivity contribution in [3.8, 4) is 0 Å². The molecule has 0 spiro atoms. The van der Waals surface area contributed by atoms with E-state index in [-0.39, 0.29) is 5.69 Å². The van der Waals surface area contributed by atoms with Gasteiger partial charge < -0.3 is 10.4 Å². The van der Waals surface area contributed by atoms with Crippen molar-refractivity contribution in [3.63, 3.8) is 0 Å². The molecule has 2 rings (SSSR count). The van der Waals surface area contributed by atoms with Crippen LogP contribution in [0.3, 0.4) is 0 Å². The maximum absolute atomic E-state index is 13.6. The number of rotatable bonds is 5. The summed E-state index contributed by atoms with van der Waals surface area (Å²) in [6.45, 7) is 2.23. The molecule has 0 unspecified atom stereocenters. The first-order valence-corrected chi connectivity index (χ1v) is 6.70. The number of aromatic carboxylic acids is 1. The number of anilines is 1. The summed E-state index contributed by atoms with van der Waals surface area (Å²) >= 11 is 1.51. The topological polar surface area (TPSA) is 92.5 Å². The Labute approximate surface area is 123 Å². The maximum atomic E-state index is 13.6. The lowest BCUT2D eigenvalue weighted by molar-refractivity contribution is -0.384. The molecule has 1 aromatic carbocycles. The number of hydrogen-bond acceptors (Lipinski definition) is 5. The van der Waals surface area contributed by atoms with Gasteiger partial charge >= 0.3 is 5.97 Å². The summed E-state index contributed by atoms with van der Waals surface area (Å²) in [5.74, 6) is -2.56. The van der Waals surface area contributed by atoms with Crippen molar-refractivity contribution >= 4 is 28.7 Å². The second kappa shape index (κ2) is 5.88. The van der Waals surface area contributed by atoms with Crippen molar-refractivity contribution in [2.24, 2.45) is 0 Å². The zero-order valence-electron chi connectivity index (χ0n) is 10.9. The molecule has 0 atom stereocenters. The van der Waals surface area contributed by atoms with Crippen LogP contribution in [0.5, 0.6) is 0 Å². The van der Waals surface area contributed by atoms with Crippen LogP contribution in [0.4, 0.5) is 15.8 Å². The van der Waals surface area contributed by atoms with Crippen LogP contribution in [0.25, 0.3) is 0 Å². The number of nitro groups is 1. The van der Waals surface area contributed by atoms with Crippen LogP contribution in [0.2, 0.25) is 0 Å². The first-order chi connectivity index (χ1) is 9.88. The van der Waals surface area contributed by atoms with Gasteiger partial charge in [-0.25, -0.2) is 9.18 Å². The van der Waals surface area contributed by atoms with Crippen molar-refractivity contribution in [1.29, 1.82) is 0 Å². The lowest BCUT2D eigenvalue weighted by atomic mass is 10.1. The fraction of sp³-hybridized carbons (Fsp3) is 0.154. The summed E-state index contributed by atoms with van der Waals surface area (Å²) in [5, 5.41) is 22.5. The SMILES string of the molecule is Cc1ccc(CNc2cc(F)c(C(=O)O)cc2[N+](=O)[O-])s1. The van der Waals surface area contributed by atoms with Crippen molar-refractivity contribution in [2.45, 2.75) is 13.5 Å². The number of carboxylic acid groups (broad SMARTS) is 1. The van der Waals surface area contributed by atoms with E-state index in [2.05, 4.69) is 5.32 Å². The molecule has 0 fully saturated rings.